The molecule has 0 atom stereocenters. The van der Waals surface area contributed by atoms with E-state index in [2.05, 4.69) is 12.8 Å². The Bertz CT molecular complexity index is 205. The van der Waals surface area contributed by atoms with Crippen LogP contribution in [0.15, 0.2) is 24.5 Å². The minimum absolute atomic E-state index is 1.19. The molecule has 1 heterocycles. The molecule has 0 N–H and O–H groups in total. The molecule has 0 unspecified atom stereocenters. The van der Waals surface area contributed by atoms with Gasteiger partial charge in [0.25, 0.3) is 0 Å². The van der Waals surface area contributed by atoms with E-state index in [1.54, 1.807) is 3.97 Å². The molecule has 0 aliphatic rings. The summed E-state index contributed by atoms with van der Waals surface area (Å²) in [5.74, 6) is 0. The molecule has 0 saturated carbocycles. The first-order valence-electron chi connectivity index (χ1n) is 3.08. The Morgan fingerprint density at radius 2 is 1.80 bits per heavy atom. The second-order valence-corrected chi connectivity index (χ2v) is 2.79. The molecule has 0 aromatic carbocycles. The Morgan fingerprint density at radius 3 is 2.20 bits per heavy atom. The third-order valence-electron chi connectivity index (χ3n) is 1.31. The maximum Gasteiger partial charge on any atom is 0.185 e. The predicted octanol–water partition coefficient (Wildman–Crippen LogP) is 0.733. The fourth-order valence-electron chi connectivity index (χ4n) is 0.709. The highest BCUT2D eigenvalue weighted by molar-refractivity contribution is 7.73. The number of thiol groups is 1. The number of hydrogen-bond acceptors (Lipinski definition) is 2. The lowest BCUT2D eigenvalue weighted by Gasteiger charge is -2.09. The average Bonchev–Trinajstić information content (AvgIpc) is 1.88. The van der Waals surface area contributed by atoms with Gasteiger partial charge in [-0.3, -0.25) is 0 Å². The van der Waals surface area contributed by atoms with E-state index in [1.165, 1.54) is 5.69 Å². The fourth-order valence-corrected chi connectivity index (χ4v) is 0.842. The molecule has 1 aromatic heterocycles. The van der Waals surface area contributed by atoms with E-state index in [0.717, 1.165) is 0 Å². The predicted molar refractivity (Wildman–Crippen MR) is 45.3 cm³/mol. The van der Waals surface area contributed by atoms with Crippen LogP contribution in [0.1, 0.15) is 0 Å². The van der Waals surface area contributed by atoms with Crippen LogP contribution in [0.3, 0.4) is 0 Å². The monoisotopic (exact) mass is 155 g/mol. The van der Waals surface area contributed by atoms with Crippen molar-refractivity contribution in [1.82, 2.24) is 0 Å². The van der Waals surface area contributed by atoms with E-state index in [9.17, 15) is 0 Å². The minimum Gasteiger partial charge on any atom is -0.377 e. The summed E-state index contributed by atoms with van der Waals surface area (Å²) in [6.07, 6.45) is 3.80. The van der Waals surface area contributed by atoms with Crippen molar-refractivity contribution >= 4 is 18.5 Å². The molecule has 2 nitrogen and oxygen atoms in total. The summed E-state index contributed by atoms with van der Waals surface area (Å²) in [6, 6.07) is 4.01. The van der Waals surface area contributed by atoms with Crippen molar-refractivity contribution in [3.63, 3.8) is 0 Å². The second-order valence-electron chi connectivity index (χ2n) is 2.33. The maximum absolute atomic E-state index is 4.10. The van der Waals surface area contributed by atoms with Crippen LogP contribution in [0.5, 0.6) is 0 Å². The molecule has 1 aromatic rings. The zero-order chi connectivity index (χ0) is 7.56. The van der Waals surface area contributed by atoms with E-state index >= 15 is 0 Å². The highest BCUT2D eigenvalue weighted by Crippen LogP contribution is 2.05. The van der Waals surface area contributed by atoms with Gasteiger partial charge in [0.15, 0.2) is 12.4 Å². The van der Waals surface area contributed by atoms with Gasteiger partial charge in [-0.1, -0.05) is 0 Å². The van der Waals surface area contributed by atoms with Crippen molar-refractivity contribution in [2.75, 3.05) is 19.0 Å². The van der Waals surface area contributed by atoms with Crippen molar-refractivity contribution in [1.29, 1.82) is 0 Å². The molecule has 0 bridgehead atoms. The topological polar surface area (TPSA) is 7.12 Å². The van der Waals surface area contributed by atoms with Crippen LogP contribution in [0.25, 0.3) is 0 Å². The van der Waals surface area contributed by atoms with Crippen LogP contribution in [0, 0.1) is 0 Å². The van der Waals surface area contributed by atoms with E-state index in [4.69, 9.17) is 0 Å². The summed E-state index contributed by atoms with van der Waals surface area (Å²) in [5.41, 5.74) is 1.19. The SMILES string of the molecule is CN(C)c1cc[n+](S)cc1. The molecule has 0 aliphatic carbocycles. The third-order valence-corrected chi connectivity index (χ3v) is 1.58. The van der Waals surface area contributed by atoms with Crippen molar-refractivity contribution < 1.29 is 3.97 Å². The molecule has 10 heavy (non-hydrogen) atoms. The van der Waals surface area contributed by atoms with E-state index < -0.39 is 0 Å². The van der Waals surface area contributed by atoms with Crippen LogP contribution in [-0.2, 0) is 0 Å². The van der Waals surface area contributed by atoms with Gasteiger partial charge in [-0.05, 0) is 0 Å². The second kappa shape index (κ2) is 2.92. The van der Waals surface area contributed by atoms with Crippen molar-refractivity contribution in [2.24, 2.45) is 0 Å². The molecule has 1 rings (SSSR count). The Labute approximate surface area is 66.6 Å². The zero-order valence-electron chi connectivity index (χ0n) is 6.15. The first kappa shape index (κ1) is 7.41. The minimum atomic E-state index is 1.19. The van der Waals surface area contributed by atoms with Gasteiger partial charge < -0.3 is 4.90 Å². The van der Waals surface area contributed by atoms with Crippen molar-refractivity contribution in [3.8, 4) is 0 Å². The van der Waals surface area contributed by atoms with Crippen LogP contribution < -0.4 is 8.87 Å². The Hall–Kier alpha value is -0.700. The Balaban J connectivity index is 2.89. The van der Waals surface area contributed by atoms with Gasteiger partial charge in [0, 0.05) is 31.9 Å². The highest BCUT2D eigenvalue weighted by Gasteiger charge is 1.96. The van der Waals surface area contributed by atoms with E-state index in [0.29, 0.717) is 0 Å². The van der Waals surface area contributed by atoms with E-state index in [1.807, 2.05) is 43.5 Å². The molecule has 3 heteroatoms. The van der Waals surface area contributed by atoms with Crippen LogP contribution in [0.2, 0.25) is 0 Å². The standard InChI is InChI=1S/C7H11N2S/c1-8(2)7-3-5-9(10)6-4-7/h3-6,10H,1-2H3/q+1. The molecule has 0 aliphatic heterocycles. The number of aromatic nitrogens is 1. The van der Waals surface area contributed by atoms with Gasteiger partial charge in [0.05, 0.1) is 0 Å². The normalized spacial score (nSPS) is 9.50. The highest BCUT2D eigenvalue weighted by atomic mass is 32.1. The summed E-state index contributed by atoms with van der Waals surface area (Å²) >= 11 is 4.10. The number of anilines is 1. The van der Waals surface area contributed by atoms with Gasteiger partial charge in [-0.15, -0.1) is 3.97 Å². The smallest absolute Gasteiger partial charge is 0.185 e. The summed E-state index contributed by atoms with van der Waals surface area (Å²) in [7, 11) is 4.02. The molecule has 0 radical (unpaired) electrons. The molecular weight excluding hydrogens is 144 g/mol. The van der Waals surface area contributed by atoms with Crippen LogP contribution in [-0.4, -0.2) is 14.1 Å². The summed E-state index contributed by atoms with van der Waals surface area (Å²) in [5, 5.41) is 0. The number of rotatable bonds is 1. The average molecular weight is 155 g/mol. The van der Waals surface area contributed by atoms with Gasteiger partial charge in [-0.2, -0.15) is 0 Å². The zero-order valence-corrected chi connectivity index (χ0v) is 7.05. The van der Waals surface area contributed by atoms with E-state index in [-0.39, 0.29) is 0 Å². The third kappa shape index (κ3) is 1.64. The Kier molecular flexibility index (Phi) is 2.17. The first-order valence-corrected chi connectivity index (χ1v) is 3.48. The van der Waals surface area contributed by atoms with Gasteiger partial charge >= 0.3 is 0 Å². The lowest BCUT2D eigenvalue weighted by molar-refractivity contribution is -0.489. The summed E-state index contributed by atoms with van der Waals surface area (Å²) < 4.78 is 1.72. The first-order chi connectivity index (χ1) is 4.70. The largest absolute Gasteiger partial charge is 0.377 e. The number of nitrogens with zero attached hydrogens (tertiary/aromatic N) is 2. The molecule has 0 amide bonds. The van der Waals surface area contributed by atoms with Gasteiger partial charge in [-0.25, -0.2) is 0 Å². The van der Waals surface area contributed by atoms with Gasteiger partial charge in [0.2, 0.25) is 0 Å². The van der Waals surface area contributed by atoms with Gasteiger partial charge in [0.1, 0.15) is 12.8 Å². The molecule has 0 saturated heterocycles. The molecular formula is C7H11N2S+. The Morgan fingerprint density at radius 1 is 1.30 bits per heavy atom. The van der Waals surface area contributed by atoms with Crippen LogP contribution >= 0.6 is 12.8 Å². The number of pyridine rings is 1. The van der Waals surface area contributed by atoms with Crippen LogP contribution in [0.4, 0.5) is 5.69 Å². The maximum atomic E-state index is 4.10. The fraction of sp³-hybridized carbons (Fsp3) is 0.286. The van der Waals surface area contributed by atoms with Crippen molar-refractivity contribution in [2.45, 2.75) is 0 Å². The molecule has 0 fully saturated rings. The summed E-state index contributed by atoms with van der Waals surface area (Å²) in [6.45, 7) is 0. The lowest BCUT2D eigenvalue weighted by Crippen LogP contribution is -2.19. The lowest BCUT2D eigenvalue weighted by atomic mass is 10.4. The number of hydrogen-bond donors (Lipinski definition) is 1. The quantitative estimate of drug-likeness (QED) is 0.464. The molecule has 54 valence electrons. The summed E-state index contributed by atoms with van der Waals surface area (Å²) in [4.78, 5) is 2.05. The van der Waals surface area contributed by atoms with Crippen molar-refractivity contribution in [3.05, 3.63) is 24.5 Å². The molecule has 0 spiro atoms.